The Hall–Kier alpha value is -3.12. The Balaban J connectivity index is 1.86. The van der Waals surface area contributed by atoms with Crippen molar-refractivity contribution in [2.45, 2.75) is 26.3 Å². The molecular weight excluding hydrogens is 386 g/mol. The van der Waals surface area contributed by atoms with Crippen molar-refractivity contribution in [3.63, 3.8) is 0 Å². The predicted octanol–water partition coefficient (Wildman–Crippen LogP) is 4.96. The van der Waals surface area contributed by atoms with Crippen molar-refractivity contribution in [3.8, 4) is 17.4 Å². The van der Waals surface area contributed by atoms with Crippen molar-refractivity contribution >= 4 is 28.6 Å². The topological polar surface area (TPSA) is 78.9 Å². The monoisotopic (exact) mass is 407 g/mol. The van der Waals surface area contributed by atoms with Gasteiger partial charge in [-0.2, -0.15) is 9.97 Å². The minimum atomic E-state index is 0.273. The zero-order valence-corrected chi connectivity index (χ0v) is 16.9. The number of hydrogen-bond donors (Lipinski definition) is 1. The van der Waals surface area contributed by atoms with E-state index in [1.165, 1.54) is 0 Å². The fourth-order valence-electron chi connectivity index (χ4n) is 3.14. The van der Waals surface area contributed by atoms with E-state index in [-0.39, 0.29) is 6.01 Å². The normalized spacial score (nSPS) is 11.1. The van der Waals surface area contributed by atoms with E-state index < -0.39 is 0 Å². The van der Waals surface area contributed by atoms with Gasteiger partial charge < -0.3 is 15.0 Å². The maximum atomic E-state index is 6.22. The van der Waals surface area contributed by atoms with Gasteiger partial charge in [-0.1, -0.05) is 67.4 Å². The SMILES string of the molecule is CCCCOc1nc(N)c2nc(-c3cccc(Cl)c3)n(Cc3ccccc3)c2n1. The Morgan fingerprint density at radius 3 is 2.62 bits per heavy atom. The molecule has 0 bridgehead atoms. The van der Waals surface area contributed by atoms with E-state index in [1.807, 2.05) is 47.0 Å². The highest BCUT2D eigenvalue weighted by atomic mass is 35.5. The lowest BCUT2D eigenvalue weighted by Crippen LogP contribution is -2.07. The zero-order chi connectivity index (χ0) is 20.2. The molecule has 0 radical (unpaired) electrons. The first-order valence-corrected chi connectivity index (χ1v) is 10.00. The molecule has 0 atom stereocenters. The maximum absolute atomic E-state index is 6.22. The average molecular weight is 408 g/mol. The molecule has 4 rings (SSSR count). The number of nitrogens with zero attached hydrogens (tertiary/aromatic N) is 4. The van der Waals surface area contributed by atoms with Crippen LogP contribution < -0.4 is 10.5 Å². The molecule has 29 heavy (non-hydrogen) atoms. The van der Waals surface area contributed by atoms with E-state index >= 15 is 0 Å². The summed E-state index contributed by atoms with van der Waals surface area (Å²) in [4.78, 5) is 13.7. The third-order valence-electron chi connectivity index (χ3n) is 4.60. The summed E-state index contributed by atoms with van der Waals surface area (Å²) in [6.07, 6.45) is 1.96. The predicted molar refractivity (Wildman–Crippen MR) is 116 cm³/mol. The summed E-state index contributed by atoms with van der Waals surface area (Å²) >= 11 is 6.22. The van der Waals surface area contributed by atoms with Gasteiger partial charge in [0.1, 0.15) is 5.82 Å². The number of unbranched alkanes of at least 4 members (excludes halogenated alkanes) is 1. The molecule has 0 amide bonds. The molecule has 0 saturated carbocycles. The molecule has 4 aromatic rings. The summed E-state index contributed by atoms with van der Waals surface area (Å²) < 4.78 is 7.74. The number of aromatic nitrogens is 4. The van der Waals surface area contributed by atoms with Crippen LogP contribution in [0.5, 0.6) is 6.01 Å². The van der Waals surface area contributed by atoms with Gasteiger partial charge in [0.15, 0.2) is 17.0 Å². The summed E-state index contributed by atoms with van der Waals surface area (Å²) in [6, 6.07) is 18.0. The number of hydrogen-bond acceptors (Lipinski definition) is 5. The molecule has 0 aliphatic heterocycles. The van der Waals surface area contributed by atoms with Crippen LogP contribution >= 0.6 is 11.6 Å². The lowest BCUT2D eigenvalue weighted by Gasteiger charge is -2.10. The van der Waals surface area contributed by atoms with Crippen LogP contribution in [0.2, 0.25) is 5.02 Å². The molecule has 0 aliphatic rings. The van der Waals surface area contributed by atoms with Gasteiger partial charge in [-0.3, -0.25) is 0 Å². The molecule has 2 aromatic heterocycles. The van der Waals surface area contributed by atoms with Crippen LogP contribution in [0.1, 0.15) is 25.3 Å². The third-order valence-corrected chi connectivity index (χ3v) is 4.83. The number of halogens is 1. The van der Waals surface area contributed by atoms with E-state index in [1.54, 1.807) is 0 Å². The fraction of sp³-hybridized carbons (Fsp3) is 0.227. The standard InChI is InChI=1S/C22H22ClN5O/c1-2-3-12-29-22-26-19(24)18-21(27-22)28(14-15-8-5-4-6-9-15)20(25-18)16-10-7-11-17(23)13-16/h4-11,13H,2-3,12,14H2,1H3,(H2,24,26,27). The van der Waals surface area contributed by atoms with Gasteiger partial charge in [0.2, 0.25) is 0 Å². The highest BCUT2D eigenvalue weighted by Crippen LogP contribution is 2.29. The van der Waals surface area contributed by atoms with Gasteiger partial charge in [0.25, 0.3) is 0 Å². The molecule has 0 unspecified atom stereocenters. The van der Waals surface area contributed by atoms with E-state index in [0.717, 1.165) is 29.8 Å². The van der Waals surface area contributed by atoms with Gasteiger partial charge in [0, 0.05) is 10.6 Å². The highest BCUT2D eigenvalue weighted by molar-refractivity contribution is 6.30. The highest BCUT2D eigenvalue weighted by Gasteiger charge is 2.19. The Morgan fingerprint density at radius 2 is 1.86 bits per heavy atom. The van der Waals surface area contributed by atoms with E-state index in [4.69, 9.17) is 27.1 Å². The summed E-state index contributed by atoms with van der Waals surface area (Å²) in [5.74, 6) is 1.04. The summed E-state index contributed by atoms with van der Waals surface area (Å²) in [5, 5.41) is 0.642. The van der Waals surface area contributed by atoms with Crippen LogP contribution in [-0.2, 0) is 6.54 Å². The Bertz CT molecular complexity index is 1130. The van der Waals surface area contributed by atoms with Crippen LogP contribution in [-0.4, -0.2) is 26.1 Å². The molecule has 7 heteroatoms. The van der Waals surface area contributed by atoms with E-state index in [0.29, 0.717) is 35.2 Å². The molecule has 2 heterocycles. The minimum absolute atomic E-state index is 0.273. The quantitative estimate of drug-likeness (QED) is 0.438. The molecule has 0 aliphatic carbocycles. The number of imidazole rings is 1. The second-order valence-electron chi connectivity index (χ2n) is 6.78. The summed E-state index contributed by atoms with van der Waals surface area (Å²) in [6.45, 7) is 3.24. The second kappa shape index (κ2) is 8.49. The molecule has 2 N–H and O–H groups in total. The van der Waals surface area contributed by atoms with Crippen LogP contribution in [0.3, 0.4) is 0 Å². The average Bonchev–Trinajstić information content (AvgIpc) is 3.08. The van der Waals surface area contributed by atoms with Crippen molar-refractivity contribution in [2.24, 2.45) is 0 Å². The fourth-order valence-corrected chi connectivity index (χ4v) is 3.33. The number of anilines is 1. The third kappa shape index (κ3) is 4.17. The number of benzene rings is 2. The van der Waals surface area contributed by atoms with Gasteiger partial charge in [-0.25, -0.2) is 4.98 Å². The molecule has 148 valence electrons. The van der Waals surface area contributed by atoms with Crippen molar-refractivity contribution in [1.29, 1.82) is 0 Å². The lowest BCUT2D eigenvalue weighted by molar-refractivity contribution is 0.286. The number of nitrogens with two attached hydrogens (primary N) is 1. The number of ether oxygens (including phenoxy) is 1. The first kappa shape index (κ1) is 19.2. The van der Waals surface area contributed by atoms with Crippen LogP contribution in [0.25, 0.3) is 22.6 Å². The molecule has 2 aromatic carbocycles. The summed E-state index contributed by atoms with van der Waals surface area (Å²) in [7, 11) is 0. The largest absolute Gasteiger partial charge is 0.463 e. The second-order valence-corrected chi connectivity index (χ2v) is 7.22. The summed E-state index contributed by atoms with van der Waals surface area (Å²) in [5.41, 5.74) is 9.42. The molecule has 0 fully saturated rings. The van der Waals surface area contributed by atoms with Crippen LogP contribution in [0, 0.1) is 0 Å². The lowest BCUT2D eigenvalue weighted by atomic mass is 10.2. The zero-order valence-electron chi connectivity index (χ0n) is 16.2. The van der Waals surface area contributed by atoms with E-state index in [2.05, 4.69) is 29.0 Å². The van der Waals surface area contributed by atoms with Gasteiger partial charge in [0.05, 0.1) is 13.2 Å². The smallest absolute Gasteiger partial charge is 0.320 e. The maximum Gasteiger partial charge on any atom is 0.320 e. The van der Waals surface area contributed by atoms with Crippen LogP contribution in [0.4, 0.5) is 5.82 Å². The van der Waals surface area contributed by atoms with Gasteiger partial charge in [-0.05, 0) is 24.1 Å². The Labute approximate surface area is 174 Å². The number of fused-ring (bicyclic) bond motifs is 1. The first-order valence-electron chi connectivity index (χ1n) is 9.62. The minimum Gasteiger partial charge on any atom is -0.463 e. The molecular formula is C22H22ClN5O. The van der Waals surface area contributed by atoms with Crippen molar-refractivity contribution in [1.82, 2.24) is 19.5 Å². The van der Waals surface area contributed by atoms with Gasteiger partial charge in [-0.15, -0.1) is 0 Å². The number of nitrogen functional groups attached to an aromatic ring is 1. The number of rotatable bonds is 7. The van der Waals surface area contributed by atoms with Crippen molar-refractivity contribution < 1.29 is 4.74 Å². The molecule has 6 nitrogen and oxygen atoms in total. The Morgan fingerprint density at radius 1 is 1.03 bits per heavy atom. The van der Waals surface area contributed by atoms with Crippen molar-refractivity contribution in [2.75, 3.05) is 12.3 Å². The molecule has 0 saturated heterocycles. The van der Waals surface area contributed by atoms with Crippen molar-refractivity contribution in [3.05, 3.63) is 65.2 Å². The van der Waals surface area contributed by atoms with Gasteiger partial charge >= 0.3 is 6.01 Å². The Kier molecular flexibility index (Phi) is 5.62. The molecule has 0 spiro atoms. The van der Waals surface area contributed by atoms with Crippen LogP contribution in [0.15, 0.2) is 54.6 Å². The first-order chi connectivity index (χ1) is 14.2. The van der Waals surface area contributed by atoms with E-state index in [9.17, 15) is 0 Å².